The molecular formula is C80H88N4O4. The van der Waals surface area contributed by atoms with Gasteiger partial charge in [-0.3, -0.25) is 0 Å². The molecule has 0 saturated heterocycles. The fourth-order valence-electron chi connectivity index (χ4n) is 12.1. The monoisotopic (exact) mass is 1170 g/mol. The largest absolute Gasteiger partial charge is 0.488 e. The Morgan fingerprint density at radius 2 is 0.614 bits per heavy atom. The van der Waals surface area contributed by atoms with E-state index >= 15 is 0 Å². The molecule has 2 aromatic heterocycles. The van der Waals surface area contributed by atoms with Crippen LogP contribution < -0.4 is 18.9 Å². The quantitative estimate of drug-likeness (QED) is 0.108. The Kier molecular flexibility index (Phi) is 16.8. The summed E-state index contributed by atoms with van der Waals surface area (Å²) in [6, 6.07) is 52.8. The molecule has 0 amide bonds. The third-order valence-corrected chi connectivity index (χ3v) is 17.6. The van der Waals surface area contributed by atoms with Gasteiger partial charge in [-0.1, -0.05) is 230 Å². The van der Waals surface area contributed by atoms with E-state index in [2.05, 4.69) is 253 Å². The molecule has 8 aromatic carbocycles. The van der Waals surface area contributed by atoms with Crippen LogP contribution >= 0.6 is 0 Å². The highest BCUT2D eigenvalue weighted by Gasteiger charge is 2.30. The molecule has 8 nitrogen and oxygen atoms in total. The lowest BCUT2D eigenvalue weighted by Gasteiger charge is -2.29. The zero-order valence-electron chi connectivity index (χ0n) is 54.5. The lowest BCUT2D eigenvalue weighted by Crippen LogP contribution is -2.18. The van der Waals surface area contributed by atoms with Crippen LogP contribution in [0.25, 0.3) is 34.2 Å². The molecule has 0 fully saturated rings. The number of nitrogens with zero attached hydrogens (tertiary/aromatic N) is 4. The maximum Gasteiger partial charge on any atom is 0.147 e. The SMILES string of the molecule is C=Cc1ccc(COc2c3cc(C(C)(C)C)cc2Cc2cc(C(C)(C)C)cc(c2OCc2nc4ccccc4n2C)Cc2cc(C(C)(C)C)cc(c2OCc2ccc(C=C)cc2)Cc2cc(C(C)(C)C)cc(c2OCc2nc4ccccc4n2C)C3)cc1. The number of fused-ring (bicyclic) bond motifs is 10. The Morgan fingerprint density at radius 3 is 0.852 bits per heavy atom. The molecule has 0 saturated carbocycles. The van der Waals surface area contributed by atoms with Crippen molar-refractivity contribution in [2.75, 3.05) is 0 Å². The van der Waals surface area contributed by atoms with Crippen LogP contribution in [0, 0.1) is 0 Å². The second-order valence-electron chi connectivity index (χ2n) is 28.4. The third-order valence-electron chi connectivity index (χ3n) is 17.6. The fraction of sp³-hybridized carbons (Fsp3) is 0.325. The van der Waals surface area contributed by atoms with Crippen molar-refractivity contribution in [1.29, 1.82) is 0 Å². The molecular weight excluding hydrogens is 1080 g/mol. The summed E-state index contributed by atoms with van der Waals surface area (Å²) in [6.07, 6.45) is 5.87. The summed E-state index contributed by atoms with van der Waals surface area (Å²) in [6.45, 7) is 37.1. The van der Waals surface area contributed by atoms with Crippen LogP contribution in [0.15, 0.2) is 159 Å². The van der Waals surface area contributed by atoms with E-state index in [1.54, 1.807) is 0 Å². The minimum absolute atomic E-state index is 0.225. The van der Waals surface area contributed by atoms with Crippen LogP contribution in [0.2, 0.25) is 0 Å². The number of hydrogen-bond acceptors (Lipinski definition) is 6. The highest BCUT2D eigenvalue weighted by molar-refractivity contribution is 5.76. The Labute approximate surface area is 522 Å². The number of para-hydroxylation sites is 4. The van der Waals surface area contributed by atoms with Crippen LogP contribution in [0.4, 0.5) is 0 Å². The Balaban J connectivity index is 1.21. The molecule has 0 unspecified atom stereocenters. The van der Waals surface area contributed by atoms with Gasteiger partial charge in [0.15, 0.2) is 0 Å². The van der Waals surface area contributed by atoms with E-state index in [9.17, 15) is 0 Å². The molecule has 8 heteroatoms. The number of benzene rings is 8. The van der Waals surface area contributed by atoms with Gasteiger partial charge < -0.3 is 28.1 Å². The molecule has 0 spiro atoms. The predicted octanol–water partition coefficient (Wildman–Crippen LogP) is 18.9. The van der Waals surface area contributed by atoms with Gasteiger partial charge in [0, 0.05) is 39.8 Å². The van der Waals surface area contributed by atoms with Gasteiger partial charge >= 0.3 is 0 Å². The lowest BCUT2D eigenvalue weighted by molar-refractivity contribution is 0.284. The van der Waals surface area contributed by atoms with Crippen LogP contribution in [-0.2, 0) is 87.9 Å². The first-order valence-electron chi connectivity index (χ1n) is 31.2. The Morgan fingerprint density at radius 1 is 0.364 bits per heavy atom. The van der Waals surface area contributed by atoms with Gasteiger partial charge in [0.25, 0.3) is 0 Å². The molecule has 1 aliphatic carbocycles. The number of aryl methyl sites for hydroxylation is 2. The minimum Gasteiger partial charge on any atom is -0.488 e. The van der Waals surface area contributed by atoms with Crippen molar-refractivity contribution in [3.05, 3.63) is 259 Å². The van der Waals surface area contributed by atoms with E-state index in [1.807, 2.05) is 24.3 Å². The lowest BCUT2D eigenvalue weighted by atomic mass is 9.79. The number of hydrogen-bond donors (Lipinski definition) is 0. The van der Waals surface area contributed by atoms with Gasteiger partial charge in [-0.25, -0.2) is 9.97 Å². The van der Waals surface area contributed by atoms with Crippen molar-refractivity contribution in [2.24, 2.45) is 14.1 Å². The molecule has 0 aliphatic heterocycles. The summed E-state index contributed by atoms with van der Waals surface area (Å²) >= 11 is 0. The average molecular weight is 1170 g/mol. The van der Waals surface area contributed by atoms with Gasteiger partial charge in [0.05, 0.1) is 22.1 Å². The Bertz CT molecular complexity index is 3870. The van der Waals surface area contributed by atoms with Crippen molar-refractivity contribution in [1.82, 2.24) is 19.1 Å². The number of ether oxygens (including phenoxy) is 4. The smallest absolute Gasteiger partial charge is 0.147 e. The minimum atomic E-state index is -0.226. The summed E-state index contributed by atoms with van der Waals surface area (Å²) in [5.41, 5.74) is 20.9. The van der Waals surface area contributed by atoms with Crippen LogP contribution in [-0.4, -0.2) is 19.1 Å². The summed E-state index contributed by atoms with van der Waals surface area (Å²) in [5.74, 6) is 5.09. The van der Waals surface area contributed by atoms with Gasteiger partial charge in [-0.05, 0) is 135 Å². The van der Waals surface area contributed by atoms with E-state index in [-0.39, 0.29) is 34.9 Å². The highest BCUT2D eigenvalue weighted by Crippen LogP contribution is 2.45. The second-order valence-corrected chi connectivity index (χ2v) is 28.4. The molecule has 8 bridgehead atoms. The highest BCUT2D eigenvalue weighted by atomic mass is 16.5. The number of aromatic nitrogens is 4. The normalized spacial score (nSPS) is 13.0. The molecule has 0 radical (unpaired) electrons. The molecule has 0 N–H and O–H groups in total. The van der Waals surface area contributed by atoms with Crippen LogP contribution in [0.1, 0.15) is 184 Å². The predicted molar refractivity (Wildman–Crippen MR) is 364 cm³/mol. The van der Waals surface area contributed by atoms with Crippen molar-refractivity contribution < 1.29 is 18.9 Å². The standard InChI is InChI=1S/C80H88N4O4/c1-17-51-27-31-53(32-28-51)47-85-73-55-35-59-43-65(79(9,10)11)45-61(75(59)87-49-71-81-67-23-19-21-25-69(67)83(71)15)37-57-41-64(78(6,7)8)42-58(74(57)86-48-54-33-29-52(18-2)30-34-54)38-62-46-66(80(12,13)14)44-60(36-56(73)40-63(39-55)77(3,4)5)76(62)88-50-72-82-68-24-20-22-26-70(68)84(72)16/h17-34,39-46H,1-2,35-38,47-50H2,3-16H3. The topological polar surface area (TPSA) is 72.6 Å². The summed E-state index contributed by atoms with van der Waals surface area (Å²) in [4.78, 5) is 10.3. The van der Waals surface area contributed by atoms with Gasteiger partial charge in [-0.2, -0.15) is 0 Å². The van der Waals surface area contributed by atoms with Gasteiger partial charge in [-0.15, -0.1) is 0 Å². The van der Waals surface area contributed by atoms with Crippen molar-refractivity contribution in [3.8, 4) is 23.0 Å². The maximum atomic E-state index is 7.48. The van der Waals surface area contributed by atoms with Crippen LogP contribution in [0.5, 0.6) is 23.0 Å². The Hall–Kier alpha value is -8.62. The number of imidazole rings is 2. The van der Waals surface area contributed by atoms with Gasteiger partial charge in [0.1, 0.15) is 61.1 Å². The zero-order valence-corrected chi connectivity index (χ0v) is 54.5. The zero-order chi connectivity index (χ0) is 62.5. The summed E-state index contributed by atoms with van der Waals surface area (Å²) in [7, 11) is 4.17. The molecule has 452 valence electrons. The van der Waals surface area contributed by atoms with E-state index in [0.29, 0.717) is 38.9 Å². The molecule has 1 aliphatic rings. The summed E-state index contributed by atoms with van der Waals surface area (Å²) < 4.78 is 34.1. The van der Waals surface area contributed by atoms with Crippen molar-refractivity contribution in [3.63, 3.8) is 0 Å². The second kappa shape index (κ2) is 24.2. The first-order valence-corrected chi connectivity index (χ1v) is 31.2. The van der Waals surface area contributed by atoms with Crippen molar-refractivity contribution in [2.45, 2.75) is 157 Å². The third kappa shape index (κ3) is 13.1. The molecule has 0 atom stereocenters. The summed E-state index contributed by atoms with van der Waals surface area (Å²) in [5, 5.41) is 0. The average Bonchev–Trinajstić information content (AvgIpc) is 3.51. The van der Waals surface area contributed by atoms with Gasteiger partial charge in [0.2, 0.25) is 0 Å². The first-order chi connectivity index (χ1) is 41.8. The van der Waals surface area contributed by atoms with E-state index in [0.717, 1.165) is 123 Å². The fourth-order valence-corrected chi connectivity index (χ4v) is 12.1. The maximum absolute atomic E-state index is 7.48. The molecule has 11 rings (SSSR count). The number of rotatable bonds is 14. The molecule has 2 heterocycles. The molecule has 10 aromatic rings. The van der Waals surface area contributed by atoms with Crippen molar-refractivity contribution >= 4 is 34.2 Å². The van der Waals surface area contributed by atoms with E-state index in [1.165, 1.54) is 22.3 Å². The van der Waals surface area contributed by atoms with E-state index < -0.39 is 0 Å². The van der Waals surface area contributed by atoms with E-state index in [4.69, 9.17) is 28.9 Å². The first kappa shape index (κ1) is 61.0. The van der Waals surface area contributed by atoms with Crippen LogP contribution in [0.3, 0.4) is 0 Å². The molecule has 88 heavy (non-hydrogen) atoms.